The van der Waals surface area contributed by atoms with Crippen molar-refractivity contribution in [3.63, 3.8) is 0 Å². The Morgan fingerprint density at radius 2 is 2.04 bits per heavy atom. The first kappa shape index (κ1) is 18.3. The quantitative estimate of drug-likeness (QED) is 0.779. The van der Waals surface area contributed by atoms with Gasteiger partial charge in [-0.3, -0.25) is 0 Å². The molecule has 2 aromatic carbocycles. The summed E-state index contributed by atoms with van der Waals surface area (Å²) in [5.41, 5.74) is 8.01. The van der Waals surface area contributed by atoms with E-state index in [-0.39, 0.29) is 12.1 Å². The lowest BCUT2D eigenvalue weighted by Crippen LogP contribution is -2.47. The van der Waals surface area contributed by atoms with Crippen molar-refractivity contribution in [3.8, 4) is 5.75 Å². The molecule has 26 heavy (non-hydrogen) atoms. The first-order valence-corrected chi connectivity index (χ1v) is 9.29. The van der Waals surface area contributed by atoms with E-state index in [9.17, 15) is 4.79 Å². The van der Waals surface area contributed by atoms with Crippen LogP contribution in [-0.4, -0.2) is 36.7 Å². The van der Waals surface area contributed by atoms with Gasteiger partial charge in [0.25, 0.3) is 0 Å². The van der Waals surface area contributed by atoms with Gasteiger partial charge in [0.1, 0.15) is 5.75 Å². The summed E-state index contributed by atoms with van der Waals surface area (Å²) < 4.78 is 5.83. The summed E-state index contributed by atoms with van der Waals surface area (Å²) in [5, 5.41) is 2.94. The van der Waals surface area contributed by atoms with E-state index in [4.69, 9.17) is 10.5 Å². The number of nitrogens with zero attached hydrogens (tertiary/aromatic N) is 1. The van der Waals surface area contributed by atoms with Gasteiger partial charge in [-0.2, -0.15) is 0 Å². The van der Waals surface area contributed by atoms with Crippen LogP contribution in [0.15, 0.2) is 54.6 Å². The number of aryl methyl sites for hydroxylation is 1. The third kappa shape index (κ3) is 5.49. The third-order valence-corrected chi connectivity index (χ3v) is 4.55. The Hall–Kier alpha value is -2.53. The molecule has 5 heteroatoms. The van der Waals surface area contributed by atoms with Gasteiger partial charge < -0.3 is 20.7 Å². The molecule has 5 nitrogen and oxygen atoms in total. The predicted molar refractivity (Wildman–Crippen MR) is 105 cm³/mol. The Labute approximate surface area is 155 Å². The molecule has 2 aromatic rings. The van der Waals surface area contributed by atoms with Gasteiger partial charge in [0.05, 0.1) is 6.61 Å². The predicted octanol–water partition coefficient (Wildman–Crippen LogP) is 3.65. The molecule has 1 saturated heterocycles. The van der Waals surface area contributed by atoms with Gasteiger partial charge in [-0.05, 0) is 43.4 Å². The first-order chi connectivity index (χ1) is 12.7. The van der Waals surface area contributed by atoms with Crippen molar-refractivity contribution < 1.29 is 9.53 Å². The lowest BCUT2D eigenvalue weighted by molar-refractivity contribution is 0.193. The topological polar surface area (TPSA) is 67.6 Å². The fourth-order valence-electron chi connectivity index (χ4n) is 3.17. The van der Waals surface area contributed by atoms with Crippen LogP contribution in [0.1, 0.15) is 24.8 Å². The highest BCUT2D eigenvalue weighted by Gasteiger charge is 2.21. The van der Waals surface area contributed by atoms with Crippen LogP contribution in [0.5, 0.6) is 5.75 Å². The van der Waals surface area contributed by atoms with Crippen molar-refractivity contribution in [2.24, 2.45) is 5.73 Å². The molecule has 0 spiro atoms. The number of benzene rings is 2. The van der Waals surface area contributed by atoms with Crippen LogP contribution in [0.4, 0.5) is 10.5 Å². The summed E-state index contributed by atoms with van der Waals surface area (Å²) in [6.45, 7) is 2.02. The van der Waals surface area contributed by atoms with E-state index in [2.05, 4.69) is 29.6 Å². The molecule has 1 fully saturated rings. The molecule has 0 bridgehead atoms. The van der Waals surface area contributed by atoms with Crippen LogP contribution in [0.25, 0.3) is 0 Å². The van der Waals surface area contributed by atoms with Gasteiger partial charge in [-0.1, -0.05) is 36.4 Å². The summed E-state index contributed by atoms with van der Waals surface area (Å²) in [7, 11) is 0. The number of hydrogen-bond acceptors (Lipinski definition) is 3. The molecule has 0 unspecified atom stereocenters. The number of carbonyl (C=O) groups excluding carboxylic acids is 1. The zero-order chi connectivity index (χ0) is 18.2. The highest BCUT2D eigenvalue weighted by Crippen LogP contribution is 2.19. The van der Waals surface area contributed by atoms with Crippen molar-refractivity contribution in [3.05, 3.63) is 60.2 Å². The van der Waals surface area contributed by atoms with E-state index in [0.29, 0.717) is 13.2 Å². The maximum Gasteiger partial charge on any atom is 0.321 e. The van der Waals surface area contributed by atoms with Crippen molar-refractivity contribution in [2.75, 3.05) is 25.0 Å². The Kier molecular flexibility index (Phi) is 6.50. The standard InChI is InChI=1S/C21H27N3O2/c22-18-10-5-13-24(16-18)21(25)23-19-11-4-12-20(15-19)26-14-6-9-17-7-2-1-3-8-17/h1-4,7-8,11-12,15,18H,5-6,9-10,13-14,16,22H2,(H,23,25)/t18-/m1/s1. The molecule has 2 amide bonds. The third-order valence-electron chi connectivity index (χ3n) is 4.55. The summed E-state index contributed by atoms with van der Waals surface area (Å²) in [6.07, 6.45) is 3.88. The second kappa shape index (κ2) is 9.25. The summed E-state index contributed by atoms with van der Waals surface area (Å²) in [6, 6.07) is 17.9. The highest BCUT2D eigenvalue weighted by molar-refractivity contribution is 5.89. The number of nitrogens with one attached hydrogen (secondary N) is 1. The van der Waals surface area contributed by atoms with E-state index >= 15 is 0 Å². The Morgan fingerprint density at radius 1 is 1.19 bits per heavy atom. The number of ether oxygens (including phenoxy) is 1. The minimum absolute atomic E-state index is 0.0776. The van der Waals surface area contributed by atoms with Crippen LogP contribution in [0.2, 0.25) is 0 Å². The van der Waals surface area contributed by atoms with E-state index in [1.807, 2.05) is 30.3 Å². The summed E-state index contributed by atoms with van der Waals surface area (Å²) in [4.78, 5) is 14.1. The van der Waals surface area contributed by atoms with E-state index in [0.717, 1.165) is 43.7 Å². The smallest absolute Gasteiger partial charge is 0.321 e. The lowest BCUT2D eigenvalue weighted by atomic mass is 10.1. The van der Waals surface area contributed by atoms with E-state index in [1.165, 1.54) is 5.56 Å². The number of anilines is 1. The molecular formula is C21H27N3O2. The molecule has 0 aromatic heterocycles. The lowest BCUT2D eigenvalue weighted by Gasteiger charge is -2.30. The summed E-state index contributed by atoms with van der Waals surface area (Å²) >= 11 is 0. The van der Waals surface area contributed by atoms with Gasteiger partial charge in [0.15, 0.2) is 0 Å². The van der Waals surface area contributed by atoms with Crippen molar-refractivity contribution in [1.29, 1.82) is 0 Å². The minimum atomic E-state index is -0.0959. The molecule has 0 aliphatic carbocycles. The number of rotatable bonds is 6. The minimum Gasteiger partial charge on any atom is -0.494 e. The number of urea groups is 1. The zero-order valence-electron chi connectivity index (χ0n) is 15.1. The van der Waals surface area contributed by atoms with Gasteiger partial charge in [0.2, 0.25) is 0 Å². The van der Waals surface area contributed by atoms with Gasteiger partial charge in [-0.15, -0.1) is 0 Å². The average molecular weight is 353 g/mol. The van der Waals surface area contributed by atoms with Crippen LogP contribution in [0.3, 0.4) is 0 Å². The van der Waals surface area contributed by atoms with Gasteiger partial charge in [0, 0.05) is 30.9 Å². The molecule has 0 radical (unpaired) electrons. The summed E-state index contributed by atoms with van der Waals surface area (Å²) in [5.74, 6) is 0.770. The van der Waals surface area contributed by atoms with Gasteiger partial charge >= 0.3 is 6.03 Å². The maximum absolute atomic E-state index is 12.4. The van der Waals surface area contributed by atoms with Crippen LogP contribution < -0.4 is 15.8 Å². The first-order valence-electron chi connectivity index (χ1n) is 9.29. The molecule has 1 atom stereocenters. The van der Waals surface area contributed by atoms with Gasteiger partial charge in [-0.25, -0.2) is 4.79 Å². The van der Waals surface area contributed by atoms with Crippen LogP contribution >= 0.6 is 0 Å². The monoisotopic (exact) mass is 353 g/mol. The molecule has 1 aliphatic heterocycles. The zero-order valence-corrected chi connectivity index (χ0v) is 15.1. The molecule has 138 valence electrons. The Morgan fingerprint density at radius 3 is 2.85 bits per heavy atom. The average Bonchev–Trinajstić information content (AvgIpc) is 2.66. The molecule has 0 saturated carbocycles. The number of piperidine rings is 1. The number of likely N-dealkylation sites (tertiary alicyclic amines) is 1. The normalized spacial score (nSPS) is 17.0. The second-order valence-electron chi connectivity index (χ2n) is 6.74. The van der Waals surface area contributed by atoms with Crippen molar-refractivity contribution in [1.82, 2.24) is 4.90 Å². The molecular weight excluding hydrogens is 326 g/mol. The van der Waals surface area contributed by atoms with Crippen LogP contribution in [-0.2, 0) is 6.42 Å². The van der Waals surface area contributed by atoms with Crippen LogP contribution in [0, 0.1) is 0 Å². The second-order valence-corrected chi connectivity index (χ2v) is 6.74. The number of hydrogen-bond donors (Lipinski definition) is 2. The number of amides is 2. The molecule has 1 aliphatic rings. The SMILES string of the molecule is N[C@@H]1CCCN(C(=O)Nc2cccc(OCCCc3ccccc3)c2)C1. The largest absolute Gasteiger partial charge is 0.494 e. The Balaban J connectivity index is 1.46. The maximum atomic E-state index is 12.4. The number of carbonyl (C=O) groups is 1. The number of nitrogens with two attached hydrogens (primary N) is 1. The van der Waals surface area contributed by atoms with E-state index in [1.54, 1.807) is 4.90 Å². The molecule has 3 rings (SSSR count). The molecule has 3 N–H and O–H groups in total. The fraction of sp³-hybridized carbons (Fsp3) is 0.381. The fourth-order valence-corrected chi connectivity index (χ4v) is 3.17. The van der Waals surface area contributed by atoms with E-state index < -0.39 is 0 Å². The van der Waals surface area contributed by atoms with Crippen molar-refractivity contribution >= 4 is 11.7 Å². The highest BCUT2D eigenvalue weighted by atomic mass is 16.5. The molecule has 1 heterocycles. The Bertz CT molecular complexity index is 705. The van der Waals surface area contributed by atoms with Crippen molar-refractivity contribution in [2.45, 2.75) is 31.7 Å².